The van der Waals surface area contributed by atoms with Gasteiger partial charge >= 0.3 is 0 Å². The van der Waals surface area contributed by atoms with Gasteiger partial charge in [-0.1, -0.05) is 58.5 Å². The number of carbonyl (C=O) groups excluding carboxylic acids is 2. The Kier molecular flexibility index (Phi) is 5.87. The second kappa shape index (κ2) is 8.02. The van der Waals surface area contributed by atoms with Crippen LogP contribution < -0.4 is 11.5 Å². The van der Waals surface area contributed by atoms with E-state index in [0.717, 1.165) is 0 Å². The molecule has 0 bridgehead atoms. The van der Waals surface area contributed by atoms with Crippen LogP contribution in [0, 0.1) is 0 Å². The zero-order valence-corrected chi connectivity index (χ0v) is 17.1. The number of anilines is 2. The first-order chi connectivity index (χ1) is 13.2. The molecule has 0 aromatic heterocycles. The summed E-state index contributed by atoms with van der Waals surface area (Å²) in [6, 6.07) is 12.6. The number of benzene rings is 3. The summed E-state index contributed by atoms with van der Waals surface area (Å²) < 4.78 is 0. The Balaban J connectivity index is 2.17. The van der Waals surface area contributed by atoms with E-state index in [-0.39, 0.29) is 48.7 Å². The van der Waals surface area contributed by atoms with E-state index in [9.17, 15) is 9.59 Å². The second-order valence-electron chi connectivity index (χ2n) is 5.85. The molecule has 0 saturated heterocycles. The first-order valence-electron chi connectivity index (χ1n) is 7.89. The van der Waals surface area contributed by atoms with Crippen molar-refractivity contribution >= 4 is 69.3 Å². The van der Waals surface area contributed by atoms with E-state index in [2.05, 4.69) is 0 Å². The highest BCUT2D eigenvalue weighted by molar-refractivity contribution is 6.46. The first kappa shape index (κ1) is 20.5. The van der Waals surface area contributed by atoms with Crippen LogP contribution in [0.15, 0.2) is 48.5 Å². The van der Waals surface area contributed by atoms with Crippen LogP contribution in [-0.2, 0) is 0 Å². The fourth-order valence-electron chi connectivity index (χ4n) is 2.70. The maximum Gasteiger partial charge on any atom is 0.198 e. The Bertz CT molecular complexity index is 1080. The first-order valence-corrected chi connectivity index (χ1v) is 9.40. The lowest BCUT2D eigenvalue weighted by molar-refractivity contribution is 0.102. The van der Waals surface area contributed by atoms with Gasteiger partial charge in [-0.2, -0.15) is 0 Å². The Morgan fingerprint density at radius 2 is 1.21 bits per heavy atom. The number of halogens is 4. The molecule has 3 rings (SSSR count). The minimum atomic E-state index is -0.546. The van der Waals surface area contributed by atoms with E-state index in [1.54, 1.807) is 30.3 Å². The van der Waals surface area contributed by atoms with E-state index >= 15 is 0 Å². The lowest BCUT2D eigenvalue weighted by Gasteiger charge is -2.16. The third-order valence-electron chi connectivity index (χ3n) is 4.13. The van der Waals surface area contributed by atoms with Gasteiger partial charge in [0, 0.05) is 16.1 Å². The van der Waals surface area contributed by atoms with Crippen LogP contribution >= 0.6 is 46.4 Å². The van der Waals surface area contributed by atoms with Crippen molar-refractivity contribution in [1.29, 1.82) is 0 Å². The molecule has 28 heavy (non-hydrogen) atoms. The number of ketones is 2. The number of rotatable bonds is 4. The quantitative estimate of drug-likeness (QED) is 0.378. The molecule has 4 N–H and O–H groups in total. The van der Waals surface area contributed by atoms with Gasteiger partial charge in [0.1, 0.15) is 0 Å². The molecule has 0 atom stereocenters. The summed E-state index contributed by atoms with van der Waals surface area (Å²) in [5.41, 5.74) is 12.1. The van der Waals surface area contributed by atoms with Crippen molar-refractivity contribution in [2.75, 3.05) is 11.5 Å². The number of carbonyl (C=O) groups is 2. The predicted molar refractivity (Wildman–Crippen MR) is 115 cm³/mol. The molecule has 0 spiro atoms. The average molecular weight is 454 g/mol. The molecular weight excluding hydrogens is 442 g/mol. The van der Waals surface area contributed by atoms with E-state index in [1.807, 2.05) is 0 Å². The summed E-state index contributed by atoms with van der Waals surface area (Å²) in [5, 5.41) is 0.373. The average Bonchev–Trinajstić information content (AvgIpc) is 2.67. The van der Waals surface area contributed by atoms with Gasteiger partial charge in [-0.3, -0.25) is 9.59 Å². The summed E-state index contributed by atoms with van der Waals surface area (Å²) in [5.74, 6) is -1.04. The normalized spacial score (nSPS) is 10.7. The fraction of sp³-hybridized carbons (Fsp3) is 0. The summed E-state index contributed by atoms with van der Waals surface area (Å²) in [6.07, 6.45) is 0. The van der Waals surface area contributed by atoms with Crippen LogP contribution in [0.4, 0.5) is 11.4 Å². The van der Waals surface area contributed by atoms with E-state index in [1.165, 1.54) is 18.2 Å². The lowest BCUT2D eigenvalue weighted by Crippen LogP contribution is -2.14. The van der Waals surface area contributed by atoms with Gasteiger partial charge in [0.25, 0.3) is 0 Å². The van der Waals surface area contributed by atoms with Crippen molar-refractivity contribution in [1.82, 2.24) is 0 Å². The SMILES string of the molecule is Nc1c(Cl)c(C(=O)c2ccc(Cl)cc2)c(Cl)c(N)c1C(=O)c1ccccc1Cl. The lowest BCUT2D eigenvalue weighted by atomic mass is 9.95. The van der Waals surface area contributed by atoms with Crippen molar-refractivity contribution < 1.29 is 9.59 Å². The van der Waals surface area contributed by atoms with Crippen LogP contribution in [-0.4, -0.2) is 11.6 Å². The van der Waals surface area contributed by atoms with Gasteiger partial charge in [-0.25, -0.2) is 0 Å². The molecule has 0 fully saturated rings. The molecule has 3 aromatic rings. The molecule has 0 saturated carbocycles. The van der Waals surface area contributed by atoms with E-state index in [4.69, 9.17) is 57.9 Å². The number of nitrogen functional groups attached to an aromatic ring is 2. The molecule has 0 amide bonds. The Morgan fingerprint density at radius 1 is 0.679 bits per heavy atom. The fourth-order valence-corrected chi connectivity index (χ4v) is 3.65. The van der Waals surface area contributed by atoms with Gasteiger partial charge in [0.2, 0.25) is 0 Å². The maximum atomic E-state index is 12.9. The zero-order valence-electron chi connectivity index (χ0n) is 14.1. The molecule has 3 aromatic carbocycles. The molecule has 0 radical (unpaired) electrons. The van der Waals surface area contributed by atoms with E-state index in [0.29, 0.717) is 5.02 Å². The standard InChI is InChI=1S/C20H12Cl4N2O2/c21-10-7-5-9(6-8-10)19(27)13-15(23)17(25)14(18(26)16(13)24)20(28)11-3-1-2-4-12(11)22/h1-8H,25-26H2. The smallest absolute Gasteiger partial charge is 0.198 e. The summed E-state index contributed by atoms with van der Waals surface area (Å²) >= 11 is 24.6. The predicted octanol–water partition coefficient (Wildman–Crippen LogP) is 5.93. The summed E-state index contributed by atoms with van der Waals surface area (Å²) in [7, 11) is 0. The molecule has 0 aliphatic carbocycles. The van der Waals surface area contributed by atoms with Gasteiger partial charge in [0.15, 0.2) is 11.6 Å². The minimum Gasteiger partial charge on any atom is -0.397 e. The third-order valence-corrected chi connectivity index (χ3v) is 5.50. The van der Waals surface area contributed by atoms with Crippen molar-refractivity contribution in [2.45, 2.75) is 0 Å². The molecule has 0 aliphatic rings. The van der Waals surface area contributed by atoms with Crippen molar-refractivity contribution in [3.8, 4) is 0 Å². The molecule has 0 heterocycles. The molecule has 4 nitrogen and oxygen atoms in total. The van der Waals surface area contributed by atoms with Crippen LogP contribution in [0.1, 0.15) is 31.8 Å². The Labute approximate surface area is 180 Å². The minimum absolute atomic E-state index is 0.0867. The highest BCUT2D eigenvalue weighted by Crippen LogP contribution is 2.41. The topological polar surface area (TPSA) is 86.2 Å². The van der Waals surface area contributed by atoms with Gasteiger partial charge in [-0.05, 0) is 36.4 Å². The number of nitrogens with two attached hydrogens (primary N) is 2. The Morgan fingerprint density at radius 3 is 1.75 bits per heavy atom. The molecular formula is C20H12Cl4N2O2. The van der Waals surface area contributed by atoms with Crippen molar-refractivity contribution in [2.24, 2.45) is 0 Å². The molecule has 0 aliphatic heterocycles. The van der Waals surface area contributed by atoms with Crippen LogP contribution in [0.3, 0.4) is 0 Å². The largest absolute Gasteiger partial charge is 0.397 e. The van der Waals surface area contributed by atoms with E-state index < -0.39 is 11.6 Å². The third kappa shape index (κ3) is 3.56. The van der Waals surface area contributed by atoms with Gasteiger partial charge in [-0.15, -0.1) is 0 Å². The second-order valence-corrected chi connectivity index (χ2v) is 7.45. The van der Waals surface area contributed by atoms with Crippen molar-refractivity contribution in [3.05, 3.63) is 90.9 Å². The number of hydrogen-bond acceptors (Lipinski definition) is 4. The molecule has 0 unspecified atom stereocenters. The zero-order chi connectivity index (χ0) is 20.6. The maximum absolute atomic E-state index is 12.9. The van der Waals surface area contributed by atoms with Crippen LogP contribution in [0.25, 0.3) is 0 Å². The number of hydrogen-bond donors (Lipinski definition) is 2. The highest BCUT2D eigenvalue weighted by atomic mass is 35.5. The Hall–Kier alpha value is -2.24. The highest BCUT2D eigenvalue weighted by Gasteiger charge is 2.28. The summed E-state index contributed by atoms with van der Waals surface area (Å²) in [4.78, 5) is 25.8. The van der Waals surface area contributed by atoms with Gasteiger partial charge < -0.3 is 11.5 Å². The van der Waals surface area contributed by atoms with Crippen molar-refractivity contribution in [3.63, 3.8) is 0 Å². The molecule has 142 valence electrons. The summed E-state index contributed by atoms with van der Waals surface area (Å²) in [6.45, 7) is 0. The van der Waals surface area contributed by atoms with Gasteiger partial charge in [0.05, 0.1) is 37.6 Å². The molecule has 8 heteroatoms. The monoisotopic (exact) mass is 452 g/mol. The van der Waals surface area contributed by atoms with Crippen LogP contribution in [0.2, 0.25) is 20.1 Å². The van der Waals surface area contributed by atoms with Crippen LogP contribution in [0.5, 0.6) is 0 Å².